The van der Waals surface area contributed by atoms with Gasteiger partial charge in [0.1, 0.15) is 12.0 Å². The van der Waals surface area contributed by atoms with Crippen LogP contribution in [0.3, 0.4) is 0 Å². The summed E-state index contributed by atoms with van der Waals surface area (Å²) in [6.45, 7) is 2.74. The maximum absolute atomic E-state index is 11.0. The Labute approximate surface area is 124 Å². The van der Waals surface area contributed by atoms with Gasteiger partial charge in [-0.15, -0.1) is 0 Å². The summed E-state index contributed by atoms with van der Waals surface area (Å²) in [5.41, 5.74) is 1.71. The molecule has 106 valence electrons. The zero-order valence-electron chi connectivity index (χ0n) is 10.9. The summed E-state index contributed by atoms with van der Waals surface area (Å²) in [4.78, 5) is 14.7. The van der Waals surface area contributed by atoms with E-state index in [1.54, 1.807) is 23.9 Å². The number of rotatable bonds is 7. The molecule has 0 saturated heterocycles. The smallest absolute Gasteiger partial charge is 0.292 e. The van der Waals surface area contributed by atoms with Crippen LogP contribution in [0, 0.1) is 10.1 Å². The number of nitro groups is 1. The Morgan fingerprint density at radius 1 is 1.50 bits per heavy atom. The monoisotopic (exact) mass is 310 g/mol. The molecule has 20 heavy (non-hydrogen) atoms. The third-order valence-electron chi connectivity index (χ3n) is 2.53. The van der Waals surface area contributed by atoms with Crippen molar-refractivity contribution in [3.8, 4) is 0 Å². The lowest BCUT2D eigenvalue weighted by Gasteiger charge is -2.07. The van der Waals surface area contributed by atoms with Crippen LogP contribution < -0.4 is 5.32 Å². The molecular formula is C12H14N4O2S2. The maximum Gasteiger partial charge on any atom is 0.292 e. The number of anilines is 1. The standard InChI is InChI=1S/C12H14N4O2S2/c1-2-5-13-10-6-9(3-4-11(10)16(17)18)7-19-12-14-8-15-20-12/h3-4,6,8,13H,2,5,7H2,1H3. The van der Waals surface area contributed by atoms with Crippen LogP contribution in [0.4, 0.5) is 11.4 Å². The van der Waals surface area contributed by atoms with Crippen LogP contribution in [0.15, 0.2) is 28.9 Å². The normalized spacial score (nSPS) is 10.4. The van der Waals surface area contributed by atoms with Crippen molar-refractivity contribution in [2.45, 2.75) is 23.4 Å². The highest BCUT2D eigenvalue weighted by Crippen LogP contribution is 2.29. The Hall–Kier alpha value is -1.67. The van der Waals surface area contributed by atoms with Crippen molar-refractivity contribution in [2.24, 2.45) is 0 Å². The highest BCUT2D eigenvalue weighted by atomic mass is 32.2. The Bertz CT molecular complexity index is 575. The molecule has 8 heteroatoms. The van der Waals surface area contributed by atoms with Gasteiger partial charge in [0.15, 0.2) is 4.34 Å². The number of nitro benzene ring substituents is 1. The minimum Gasteiger partial charge on any atom is -0.379 e. The van der Waals surface area contributed by atoms with Gasteiger partial charge in [-0.3, -0.25) is 10.1 Å². The zero-order valence-corrected chi connectivity index (χ0v) is 12.5. The molecule has 0 aliphatic rings. The molecule has 0 saturated carbocycles. The van der Waals surface area contributed by atoms with Gasteiger partial charge in [0.2, 0.25) is 0 Å². The van der Waals surface area contributed by atoms with Crippen LogP contribution in [0.5, 0.6) is 0 Å². The Balaban J connectivity index is 2.11. The van der Waals surface area contributed by atoms with E-state index < -0.39 is 0 Å². The molecule has 1 aromatic carbocycles. The summed E-state index contributed by atoms with van der Waals surface area (Å²) in [7, 11) is 0. The molecule has 2 rings (SSSR count). The van der Waals surface area contributed by atoms with Crippen LogP contribution in [-0.2, 0) is 5.75 Å². The van der Waals surface area contributed by atoms with E-state index in [0.29, 0.717) is 18.0 Å². The molecule has 0 fully saturated rings. The summed E-state index contributed by atoms with van der Waals surface area (Å²) in [6.07, 6.45) is 2.44. The maximum atomic E-state index is 11.0. The molecule has 0 radical (unpaired) electrons. The molecular weight excluding hydrogens is 296 g/mol. The van der Waals surface area contributed by atoms with E-state index in [-0.39, 0.29) is 10.6 Å². The Kier molecular flexibility index (Phi) is 5.31. The molecule has 0 spiro atoms. The lowest BCUT2D eigenvalue weighted by molar-refractivity contribution is -0.384. The number of aromatic nitrogens is 2. The number of hydrogen-bond acceptors (Lipinski definition) is 7. The Morgan fingerprint density at radius 3 is 3.00 bits per heavy atom. The zero-order chi connectivity index (χ0) is 14.4. The molecule has 0 atom stereocenters. The van der Waals surface area contributed by atoms with E-state index in [1.165, 1.54) is 17.9 Å². The second-order valence-electron chi connectivity index (χ2n) is 4.03. The second-order valence-corrected chi connectivity index (χ2v) is 6.03. The van der Waals surface area contributed by atoms with Gasteiger partial charge in [0.05, 0.1) is 4.92 Å². The predicted octanol–water partition coefficient (Wildman–Crippen LogP) is 3.56. The largest absolute Gasteiger partial charge is 0.379 e. The van der Waals surface area contributed by atoms with Crippen LogP contribution in [0.25, 0.3) is 0 Å². The first-order valence-corrected chi connectivity index (χ1v) is 7.87. The third-order valence-corrected chi connectivity index (χ3v) is 4.39. The molecule has 1 heterocycles. The molecule has 0 aliphatic carbocycles. The fraction of sp³-hybridized carbons (Fsp3) is 0.333. The summed E-state index contributed by atoms with van der Waals surface area (Å²) < 4.78 is 4.83. The van der Waals surface area contributed by atoms with Crippen molar-refractivity contribution in [3.05, 3.63) is 40.2 Å². The van der Waals surface area contributed by atoms with Crippen molar-refractivity contribution in [1.29, 1.82) is 0 Å². The van der Waals surface area contributed by atoms with Crippen molar-refractivity contribution in [1.82, 2.24) is 9.36 Å². The topological polar surface area (TPSA) is 81.0 Å². The number of thioether (sulfide) groups is 1. The van der Waals surface area contributed by atoms with E-state index in [0.717, 1.165) is 16.3 Å². The molecule has 2 aromatic rings. The van der Waals surface area contributed by atoms with Crippen molar-refractivity contribution < 1.29 is 4.92 Å². The highest BCUT2D eigenvalue weighted by molar-refractivity contribution is 8.00. The van der Waals surface area contributed by atoms with Gasteiger partial charge >= 0.3 is 0 Å². The SMILES string of the molecule is CCCNc1cc(CSc2ncns2)ccc1[N+](=O)[O-]. The van der Waals surface area contributed by atoms with E-state index in [1.807, 2.05) is 13.0 Å². The summed E-state index contributed by atoms with van der Waals surface area (Å²) >= 11 is 2.92. The van der Waals surface area contributed by atoms with Gasteiger partial charge in [-0.05, 0) is 29.6 Å². The Morgan fingerprint density at radius 2 is 2.35 bits per heavy atom. The van der Waals surface area contributed by atoms with Crippen LogP contribution in [0.1, 0.15) is 18.9 Å². The van der Waals surface area contributed by atoms with Gasteiger partial charge < -0.3 is 5.32 Å². The highest BCUT2D eigenvalue weighted by Gasteiger charge is 2.13. The summed E-state index contributed by atoms with van der Waals surface area (Å²) in [6, 6.07) is 5.17. The number of nitrogens with zero attached hydrogens (tertiary/aromatic N) is 3. The fourth-order valence-corrected chi connectivity index (χ4v) is 2.99. The predicted molar refractivity (Wildman–Crippen MR) is 81.3 cm³/mol. The van der Waals surface area contributed by atoms with Crippen LogP contribution in [0.2, 0.25) is 0 Å². The average molecular weight is 310 g/mol. The second kappa shape index (κ2) is 7.20. The minimum absolute atomic E-state index is 0.114. The molecule has 0 bridgehead atoms. The van der Waals surface area contributed by atoms with E-state index in [2.05, 4.69) is 14.7 Å². The number of nitrogens with one attached hydrogen (secondary N) is 1. The number of benzene rings is 1. The van der Waals surface area contributed by atoms with Crippen molar-refractivity contribution in [2.75, 3.05) is 11.9 Å². The van der Waals surface area contributed by atoms with Crippen molar-refractivity contribution >= 4 is 34.7 Å². The third kappa shape index (κ3) is 3.91. The molecule has 0 unspecified atom stereocenters. The molecule has 1 aromatic heterocycles. The lowest BCUT2D eigenvalue weighted by atomic mass is 10.2. The molecule has 1 N–H and O–H groups in total. The molecule has 0 amide bonds. The quantitative estimate of drug-likeness (QED) is 0.478. The average Bonchev–Trinajstić information content (AvgIpc) is 2.96. The van der Waals surface area contributed by atoms with Crippen LogP contribution in [-0.4, -0.2) is 20.8 Å². The summed E-state index contributed by atoms with van der Waals surface area (Å²) in [5, 5.41) is 14.1. The summed E-state index contributed by atoms with van der Waals surface area (Å²) in [5.74, 6) is 0.716. The molecule has 6 nitrogen and oxygen atoms in total. The van der Waals surface area contributed by atoms with Gasteiger partial charge in [0.25, 0.3) is 5.69 Å². The van der Waals surface area contributed by atoms with E-state index in [4.69, 9.17) is 0 Å². The first-order valence-electron chi connectivity index (χ1n) is 6.11. The van der Waals surface area contributed by atoms with Gasteiger partial charge in [0, 0.05) is 18.4 Å². The van der Waals surface area contributed by atoms with Gasteiger partial charge in [-0.1, -0.05) is 24.8 Å². The minimum atomic E-state index is -0.361. The van der Waals surface area contributed by atoms with Gasteiger partial charge in [-0.25, -0.2) is 4.98 Å². The number of hydrogen-bond donors (Lipinski definition) is 1. The van der Waals surface area contributed by atoms with Crippen molar-refractivity contribution in [3.63, 3.8) is 0 Å². The first-order chi connectivity index (χ1) is 9.70. The van der Waals surface area contributed by atoms with E-state index in [9.17, 15) is 10.1 Å². The lowest BCUT2D eigenvalue weighted by Crippen LogP contribution is -2.03. The van der Waals surface area contributed by atoms with Gasteiger partial charge in [-0.2, -0.15) is 4.37 Å². The fourth-order valence-electron chi connectivity index (χ4n) is 1.61. The van der Waals surface area contributed by atoms with Crippen LogP contribution >= 0.6 is 23.3 Å². The first kappa shape index (κ1) is 14.7. The molecule has 0 aliphatic heterocycles. The van der Waals surface area contributed by atoms with E-state index >= 15 is 0 Å².